The average Bonchev–Trinajstić information content (AvgIpc) is 2.49. The minimum absolute atomic E-state index is 0.580. The highest BCUT2D eigenvalue weighted by Gasteiger charge is 2.31. The lowest BCUT2D eigenvalue weighted by atomic mass is 9.88. The molecule has 0 N–H and O–H groups in total. The van der Waals surface area contributed by atoms with E-state index in [1.54, 1.807) is 12.4 Å². The first kappa shape index (κ1) is 12.1. The highest BCUT2D eigenvalue weighted by Crippen LogP contribution is 2.40. The van der Waals surface area contributed by atoms with Gasteiger partial charge in [0.25, 0.3) is 0 Å². The maximum absolute atomic E-state index is 6.73. The lowest BCUT2D eigenvalue weighted by molar-refractivity contribution is 0.741. The number of nitrogens with zero attached hydrogens (tertiary/aromatic N) is 2. The number of alkyl halides is 1. The fraction of sp³-hybridized carbons (Fsp3) is 0.125. The van der Waals surface area contributed by atoms with Gasteiger partial charge in [-0.25, -0.2) is 0 Å². The topological polar surface area (TPSA) is 25.8 Å². The molecular formula is C16H13ClN2. The van der Waals surface area contributed by atoms with Crippen molar-refractivity contribution in [3.8, 4) is 0 Å². The molecule has 1 unspecified atom stereocenters. The zero-order valence-electron chi connectivity index (χ0n) is 10.3. The fourth-order valence-corrected chi connectivity index (χ4v) is 2.55. The molecule has 19 heavy (non-hydrogen) atoms. The Morgan fingerprint density at radius 3 is 2.47 bits per heavy atom. The van der Waals surface area contributed by atoms with E-state index in [1.165, 1.54) is 0 Å². The van der Waals surface area contributed by atoms with Gasteiger partial charge in [0.1, 0.15) is 4.87 Å². The minimum Gasteiger partial charge on any atom is -0.259 e. The van der Waals surface area contributed by atoms with Gasteiger partial charge in [0, 0.05) is 18.8 Å². The van der Waals surface area contributed by atoms with Crippen molar-refractivity contribution in [2.75, 3.05) is 0 Å². The highest BCUT2D eigenvalue weighted by atomic mass is 35.5. The molecule has 94 valence electrons. The van der Waals surface area contributed by atoms with E-state index in [-0.39, 0.29) is 0 Å². The predicted molar refractivity (Wildman–Crippen MR) is 77.7 cm³/mol. The molecule has 0 fully saturated rings. The summed E-state index contributed by atoms with van der Waals surface area (Å²) in [5.41, 5.74) is 2.96. The molecule has 2 aromatic heterocycles. The van der Waals surface area contributed by atoms with Crippen LogP contribution in [0.3, 0.4) is 0 Å². The van der Waals surface area contributed by atoms with Gasteiger partial charge in [-0.1, -0.05) is 30.4 Å². The second-order valence-corrected chi connectivity index (χ2v) is 5.19. The van der Waals surface area contributed by atoms with Crippen LogP contribution < -0.4 is 0 Å². The Hall–Kier alpha value is -1.93. The molecule has 3 rings (SSSR count). The molecule has 0 saturated carbocycles. The van der Waals surface area contributed by atoms with Crippen molar-refractivity contribution in [1.29, 1.82) is 0 Å². The zero-order chi connectivity index (χ0) is 13.1. The Bertz CT molecular complexity index is 620. The third-order valence-electron chi connectivity index (χ3n) is 3.19. The first-order valence-corrected chi connectivity index (χ1v) is 6.56. The number of hydrogen-bond acceptors (Lipinski definition) is 2. The van der Waals surface area contributed by atoms with Gasteiger partial charge in [0.15, 0.2) is 0 Å². The van der Waals surface area contributed by atoms with Crippen molar-refractivity contribution in [3.63, 3.8) is 0 Å². The van der Waals surface area contributed by atoms with E-state index in [1.807, 2.05) is 48.6 Å². The van der Waals surface area contributed by atoms with E-state index < -0.39 is 4.87 Å². The fourth-order valence-electron chi connectivity index (χ4n) is 2.22. The monoisotopic (exact) mass is 268 g/mol. The van der Waals surface area contributed by atoms with E-state index >= 15 is 0 Å². The van der Waals surface area contributed by atoms with Crippen molar-refractivity contribution in [2.24, 2.45) is 0 Å². The van der Waals surface area contributed by atoms with Gasteiger partial charge in [-0.2, -0.15) is 0 Å². The van der Waals surface area contributed by atoms with Crippen molar-refractivity contribution in [1.82, 2.24) is 9.97 Å². The van der Waals surface area contributed by atoms with Crippen LogP contribution in [0, 0.1) is 0 Å². The Kier molecular flexibility index (Phi) is 3.18. The standard InChI is InChI=1S/C16H13ClN2/c17-16(15-8-2-4-11-19-15)9-5-6-13(12-16)14-7-1-3-10-18-14/h1-11H,12H2. The Morgan fingerprint density at radius 2 is 1.79 bits per heavy atom. The molecule has 1 aliphatic carbocycles. The van der Waals surface area contributed by atoms with Gasteiger partial charge < -0.3 is 0 Å². The second kappa shape index (κ2) is 4.98. The molecule has 2 heterocycles. The third-order valence-corrected chi connectivity index (χ3v) is 3.64. The number of hydrogen-bond donors (Lipinski definition) is 0. The Balaban J connectivity index is 1.94. The zero-order valence-corrected chi connectivity index (χ0v) is 11.1. The number of allylic oxidation sites excluding steroid dienone is 4. The van der Waals surface area contributed by atoms with Gasteiger partial charge in [0.05, 0.1) is 11.4 Å². The molecule has 0 saturated heterocycles. The van der Waals surface area contributed by atoms with Gasteiger partial charge in [-0.05, 0) is 29.8 Å². The largest absolute Gasteiger partial charge is 0.259 e. The van der Waals surface area contributed by atoms with Crippen LogP contribution in [0.25, 0.3) is 5.57 Å². The molecule has 0 radical (unpaired) electrons. The number of halogens is 1. The highest BCUT2D eigenvalue weighted by molar-refractivity contribution is 6.26. The molecule has 1 aliphatic rings. The number of aromatic nitrogens is 2. The predicted octanol–water partition coefficient (Wildman–Crippen LogP) is 3.95. The summed E-state index contributed by atoms with van der Waals surface area (Å²) >= 11 is 6.73. The molecule has 2 nitrogen and oxygen atoms in total. The quantitative estimate of drug-likeness (QED) is 0.771. The van der Waals surface area contributed by atoms with Crippen LogP contribution in [0.15, 0.2) is 67.0 Å². The summed E-state index contributed by atoms with van der Waals surface area (Å²) in [4.78, 5) is 8.17. The van der Waals surface area contributed by atoms with Gasteiger partial charge >= 0.3 is 0 Å². The average molecular weight is 269 g/mol. The van der Waals surface area contributed by atoms with Gasteiger partial charge in [-0.3, -0.25) is 9.97 Å². The third kappa shape index (κ3) is 2.45. The van der Waals surface area contributed by atoms with Crippen LogP contribution in [0.5, 0.6) is 0 Å². The van der Waals surface area contributed by atoms with Crippen molar-refractivity contribution >= 4 is 17.2 Å². The SMILES string of the molecule is ClC1(c2ccccn2)C=CC=C(c2ccccn2)C1. The smallest absolute Gasteiger partial charge is 0.109 e. The molecule has 1 atom stereocenters. The summed E-state index contributed by atoms with van der Waals surface area (Å²) in [6, 6.07) is 11.7. The molecule has 0 bridgehead atoms. The maximum atomic E-state index is 6.73. The molecule has 0 aromatic carbocycles. The van der Waals surface area contributed by atoms with Crippen molar-refractivity contribution in [3.05, 3.63) is 78.4 Å². The van der Waals surface area contributed by atoms with Gasteiger partial charge in [-0.15, -0.1) is 11.6 Å². The van der Waals surface area contributed by atoms with E-state index in [2.05, 4.69) is 16.0 Å². The van der Waals surface area contributed by atoms with Crippen LogP contribution in [-0.2, 0) is 4.87 Å². The molecule has 2 aromatic rings. The summed E-state index contributed by atoms with van der Waals surface area (Å²) in [6.07, 6.45) is 10.3. The van der Waals surface area contributed by atoms with Gasteiger partial charge in [0.2, 0.25) is 0 Å². The normalized spacial score (nSPS) is 22.1. The van der Waals surface area contributed by atoms with Crippen LogP contribution in [0.1, 0.15) is 17.8 Å². The van der Waals surface area contributed by atoms with Crippen LogP contribution in [0.4, 0.5) is 0 Å². The van der Waals surface area contributed by atoms with Crippen molar-refractivity contribution < 1.29 is 0 Å². The summed E-state index contributed by atoms with van der Waals surface area (Å²) in [5, 5.41) is 0. The summed E-state index contributed by atoms with van der Waals surface area (Å²) in [5.74, 6) is 0. The summed E-state index contributed by atoms with van der Waals surface area (Å²) in [6.45, 7) is 0. The first-order chi connectivity index (χ1) is 9.28. The van der Waals surface area contributed by atoms with Crippen LogP contribution >= 0.6 is 11.6 Å². The number of rotatable bonds is 2. The molecule has 0 spiro atoms. The number of pyridine rings is 2. The summed E-state index contributed by atoms with van der Waals surface area (Å²) in [7, 11) is 0. The summed E-state index contributed by atoms with van der Waals surface area (Å²) < 4.78 is 0. The van der Waals surface area contributed by atoms with E-state index in [4.69, 9.17) is 11.6 Å². The molecular weight excluding hydrogens is 256 g/mol. The lowest BCUT2D eigenvalue weighted by Gasteiger charge is -2.26. The molecule has 3 heteroatoms. The van der Waals surface area contributed by atoms with Crippen LogP contribution in [-0.4, -0.2) is 9.97 Å². The Labute approximate surface area is 117 Å². The maximum Gasteiger partial charge on any atom is 0.109 e. The second-order valence-electron chi connectivity index (χ2n) is 4.52. The molecule has 0 aliphatic heterocycles. The first-order valence-electron chi connectivity index (χ1n) is 6.18. The van der Waals surface area contributed by atoms with E-state index in [9.17, 15) is 0 Å². The minimum atomic E-state index is -0.580. The molecule has 0 amide bonds. The Morgan fingerprint density at radius 1 is 1.00 bits per heavy atom. The van der Waals surface area contributed by atoms with E-state index in [0.717, 1.165) is 17.0 Å². The lowest BCUT2D eigenvalue weighted by Crippen LogP contribution is -2.20. The van der Waals surface area contributed by atoms with Crippen molar-refractivity contribution in [2.45, 2.75) is 11.3 Å². The van der Waals surface area contributed by atoms with Crippen LogP contribution in [0.2, 0.25) is 0 Å². The van der Waals surface area contributed by atoms with E-state index in [0.29, 0.717) is 6.42 Å².